The molecule has 4 aromatic rings. The molecule has 1 aromatic carbocycles. The van der Waals surface area contributed by atoms with Gasteiger partial charge in [-0.3, -0.25) is 4.98 Å². The van der Waals surface area contributed by atoms with Crippen molar-refractivity contribution >= 4 is 46.2 Å². The van der Waals surface area contributed by atoms with Gasteiger partial charge in [0, 0.05) is 37.1 Å². The number of anilines is 1. The van der Waals surface area contributed by atoms with Gasteiger partial charge in [-0.2, -0.15) is 0 Å². The minimum Gasteiger partial charge on any atom is -0.490 e. The highest BCUT2D eigenvalue weighted by atomic mass is 35.5. The molecule has 4 heterocycles. The van der Waals surface area contributed by atoms with Crippen molar-refractivity contribution in [2.75, 3.05) is 25.2 Å². The van der Waals surface area contributed by atoms with Gasteiger partial charge in [-0.25, -0.2) is 4.98 Å². The molecule has 1 N–H and O–H groups in total. The Bertz CT molecular complexity index is 1350. The van der Waals surface area contributed by atoms with E-state index in [-0.39, 0.29) is 12.1 Å². The first-order valence-corrected chi connectivity index (χ1v) is 12.4. The first-order chi connectivity index (χ1) is 17.6. The molecule has 184 valence electrons. The van der Waals surface area contributed by atoms with Crippen LogP contribution in [0.4, 0.5) is 5.69 Å². The molecule has 0 bridgehead atoms. The minimum absolute atomic E-state index is 0.212. The quantitative estimate of drug-likeness (QED) is 0.225. The number of benzene rings is 1. The third-order valence-electron chi connectivity index (χ3n) is 5.88. The molecule has 1 fully saturated rings. The summed E-state index contributed by atoms with van der Waals surface area (Å²) in [6.45, 7) is 0.882. The van der Waals surface area contributed by atoms with Gasteiger partial charge in [0.1, 0.15) is 24.2 Å². The Hall–Kier alpha value is -3.17. The number of thiocarbonyl (C=S) groups is 1. The highest BCUT2D eigenvalue weighted by Crippen LogP contribution is 2.43. The van der Waals surface area contributed by atoms with E-state index in [1.807, 2.05) is 65.4 Å². The molecule has 0 saturated carbocycles. The molecule has 36 heavy (non-hydrogen) atoms. The molecular weight excluding hydrogens is 517 g/mol. The minimum atomic E-state index is -0.240. The van der Waals surface area contributed by atoms with Crippen molar-refractivity contribution in [2.24, 2.45) is 0 Å². The Kier molecular flexibility index (Phi) is 7.38. The van der Waals surface area contributed by atoms with Crippen molar-refractivity contribution in [3.63, 3.8) is 0 Å². The second-order valence-corrected chi connectivity index (χ2v) is 9.32. The average molecular weight is 540 g/mol. The van der Waals surface area contributed by atoms with Crippen LogP contribution in [0.15, 0.2) is 79.3 Å². The van der Waals surface area contributed by atoms with Crippen molar-refractivity contribution in [1.29, 1.82) is 0 Å². The van der Waals surface area contributed by atoms with Gasteiger partial charge in [0.2, 0.25) is 0 Å². The number of aromatic nitrogens is 3. The number of nitrogens with one attached hydrogen (secondary N) is 1. The fraction of sp³-hybridized carbons (Fsp3) is 0.192. The third-order valence-corrected chi connectivity index (χ3v) is 6.71. The number of nitrogens with zero attached hydrogens (tertiary/aromatic N) is 4. The largest absolute Gasteiger partial charge is 0.490 e. The van der Waals surface area contributed by atoms with Gasteiger partial charge in [-0.15, -0.1) is 0 Å². The maximum absolute atomic E-state index is 6.61. The van der Waals surface area contributed by atoms with E-state index in [0.29, 0.717) is 34.1 Å². The van der Waals surface area contributed by atoms with Crippen LogP contribution < -0.4 is 15.0 Å². The average Bonchev–Trinajstić information content (AvgIpc) is 3.50. The standard InChI is InChI=1S/C26H23Cl2N5O2S/c1-34-13-14-35-22-9-8-18(15-19(22)28)33-25(24(31-26(33)36)20-5-2-3-11-29-20)21-6-4-12-32(21)23-10-7-17(27)16-30-23/h2-12,15-16,24-25H,13-14H2,1H3,(H,31,36)/t24-,25-/m0/s1. The highest BCUT2D eigenvalue weighted by molar-refractivity contribution is 7.80. The lowest BCUT2D eigenvalue weighted by Crippen LogP contribution is -2.30. The number of hydrogen-bond acceptors (Lipinski definition) is 5. The Morgan fingerprint density at radius 2 is 1.92 bits per heavy atom. The maximum atomic E-state index is 6.61. The summed E-state index contributed by atoms with van der Waals surface area (Å²) in [5, 5.41) is 5.10. The van der Waals surface area contributed by atoms with Crippen LogP contribution in [-0.2, 0) is 4.74 Å². The lowest BCUT2D eigenvalue weighted by Gasteiger charge is -2.29. The Labute approximate surface area is 224 Å². The molecule has 1 aliphatic rings. The molecule has 0 radical (unpaired) electrons. The van der Waals surface area contributed by atoms with Crippen LogP contribution in [0.5, 0.6) is 5.75 Å². The van der Waals surface area contributed by atoms with Gasteiger partial charge < -0.3 is 24.3 Å². The van der Waals surface area contributed by atoms with Crippen molar-refractivity contribution in [1.82, 2.24) is 19.9 Å². The summed E-state index contributed by atoms with van der Waals surface area (Å²) in [7, 11) is 1.63. The number of rotatable bonds is 8. The van der Waals surface area contributed by atoms with E-state index in [1.54, 1.807) is 19.5 Å². The van der Waals surface area contributed by atoms with Crippen molar-refractivity contribution in [3.05, 3.63) is 101 Å². The van der Waals surface area contributed by atoms with Gasteiger partial charge in [-0.05, 0) is 66.8 Å². The van der Waals surface area contributed by atoms with Crippen LogP contribution in [0.1, 0.15) is 23.5 Å². The van der Waals surface area contributed by atoms with E-state index in [4.69, 9.17) is 44.9 Å². The van der Waals surface area contributed by atoms with E-state index in [2.05, 4.69) is 26.3 Å². The molecule has 3 aromatic heterocycles. The summed E-state index contributed by atoms with van der Waals surface area (Å²) < 4.78 is 12.8. The van der Waals surface area contributed by atoms with Crippen LogP contribution in [0, 0.1) is 0 Å². The fourth-order valence-corrected chi connectivity index (χ4v) is 4.97. The lowest BCUT2D eigenvalue weighted by molar-refractivity contribution is 0.146. The van der Waals surface area contributed by atoms with Crippen LogP contribution in [0.25, 0.3) is 5.82 Å². The molecule has 7 nitrogen and oxygen atoms in total. The summed E-state index contributed by atoms with van der Waals surface area (Å²) in [6.07, 6.45) is 5.39. The van der Waals surface area contributed by atoms with E-state index in [0.717, 1.165) is 22.9 Å². The monoisotopic (exact) mass is 539 g/mol. The van der Waals surface area contributed by atoms with Crippen LogP contribution in [0.3, 0.4) is 0 Å². The smallest absolute Gasteiger partial charge is 0.174 e. The summed E-state index contributed by atoms with van der Waals surface area (Å²) >= 11 is 18.5. The Balaban J connectivity index is 1.58. The third kappa shape index (κ3) is 4.90. The topological polar surface area (TPSA) is 64.4 Å². The van der Waals surface area contributed by atoms with Gasteiger partial charge >= 0.3 is 0 Å². The molecule has 0 aliphatic carbocycles. The number of hydrogen-bond donors (Lipinski definition) is 1. The number of pyridine rings is 2. The molecule has 0 unspecified atom stereocenters. The molecule has 5 rings (SSSR count). The van der Waals surface area contributed by atoms with E-state index in [1.165, 1.54) is 0 Å². The summed E-state index contributed by atoms with van der Waals surface area (Å²) in [5.41, 5.74) is 2.68. The first-order valence-electron chi connectivity index (χ1n) is 11.3. The lowest BCUT2D eigenvalue weighted by atomic mass is 10.0. The zero-order valence-electron chi connectivity index (χ0n) is 19.3. The Morgan fingerprint density at radius 3 is 2.64 bits per heavy atom. The zero-order valence-corrected chi connectivity index (χ0v) is 21.7. The Morgan fingerprint density at radius 1 is 1.03 bits per heavy atom. The van der Waals surface area contributed by atoms with Gasteiger partial charge in [-0.1, -0.05) is 29.3 Å². The fourth-order valence-electron chi connectivity index (χ4n) is 4.28. The molecule has 0 spiro atoms. The predicted octanol–water partition coefficient (Wildman–Crippen LogP) is 5.78. The van der Waals surface area contributed by atoms with Crippen LogP contribution in [-0.4, -0.2) is 40.0 Å². The van der Waals surface area contributed by atoms with E-state index < -0.39 is 0 Å². The van der Waals surface area contributed by atoms with Crippen LogP contribution >= 0.6 is 35.4 Å². The normalized spacial score (nSPS) is 17.3. The van der Waals surface area contributed by atoms with E-state index >= 15 is 0 Å². The first kappa shape index (κ1) is 24.5. The van der Waals surface area contributed by atoms with Crippen molar-refractivity contribution in [3.8, 4) is 11.6 Å². The predicted molar refractivity (Wildman–Crippen MR) is 145 cm³/mol. The van der Waals surface area contributed by atoms with Crippen molar-refractivity contribution in [2.45, 2.75) is 12.1 Å². The number of methoxy groups -OCH3 is 1. The number of ether oxygens (including phenoxy) is 2. The second kappa shape index (κ2) is 10.8. The highest BCUT2D eigenvalue weighted by Gasteiger charge is 2.42. The molecule has 1 saturated heterocycles. The SMILES string of the molecule is COCCOc1ccc(N2C(=S)N[C@@H](c3ccccn3)[C@@H]2c2cccn2-c2ccc(Cl)cn2)cc1Cl. The maximum Gasteiger partial charge on any atom is 0.174 e. The summed E-state index contributed by atoms with van der Waals surface area (Å²) in [5.74, 6) is 1.33. The molecule has 2 atom stereocenters. The summed E-state index contributed by atoms with van der Waals surface area (Å²) in [4.78, 5) is 11.2. The van der Waals surface area contributed by atoms with Crippen LogP contribution in [0.2, 0.25) is 10.0 Å². The van der Waals surface area contributed by atoms with Crippen molar-refractivity contribution < 1.29 is 9.47 Å². The second-order valence-electron chi connectivity index (χ2n) is 8.09. The zero-order chi connectivity index (χ0) is 25.1. The van der Waals surface area contributed by atoms with E-state index in [9.17, 15) is 0 Å². The van der Waals surface area contributed by atoms with Gasteiger partial charge in [0.05, 0.1) is 28.4 Å². The molecule has 10 heteroatoms. The molecule has 0 amide bonds. The van der Waals surface area contributed by atoms with Gasteiger partial charge in [0.15, 0.2) is 5.11 Å². The molecule has 1 aliphatic heterocycles. The molecular formula is C26H23Cl2N5O2S. The number of halogens is 2. The van der Waals surface area contributed by atoms with Gasteiger partial charge in [0.25, 0.3) is 0 Å². The summed E-state index contributed by atoms with van der Waals surface area (Å²) in [6, 6.07) is 18.8.